The third-order valence-electron chi connectivity index (χ3n) is 3.88. The van der Waals surface area contributed by atoms with Crippen LogP contribution in [-0.2, 0) is 4.79 Å². The lowest BCUT2D eigenvalue weighted by Gasteiger charge is -2.25. The molecule has 0 radical (unpaired) electrons. The minimum atomic E-state index is -0.444. The Morgan fingerprint density at radius 1 is 1.22 bits per heavy atom. The second-order valence-corrected chi connectivity index (χ2v) is 5.33. The van der Waals surface area contributed by atoms with E-state index in [-0.39, 0.29) is 17.9 Å². The van der Waals surface area contributed by atoms with Crippen molar-refractivity contribution in [3.8, 4) is 11.5 Å². The molecule has 1 amide bonds. The molecule has 1 aromatic carbocycles. The molecule has 1 aliphatic rings. The molecule has 0 fully saturated rings. The SMILES string of the molecule is COc1ccc(OC)c(C2CC(=O)Nc3nc(C)[nH]c(=O)c32)c1. The lowest BCUT2D eigenvalue weighted by molar-refractivity contribution is -0.116. The number of nitrogens with one attached hydrogen (secondary N) is 2. The van der Waals surface area contributed by atoms with Gasteiger partial charge >= 0.3 is 0 Å². The molecule has 1 aromatic heterocycles. The fourth-order valence-electron chi connectivity index (χ4n) is 2.86. The van der Waals surface area contributed by atoms with Gasteiger partial charge in [-0.2, -0.15) is 0 Å². The molecule has 1 atom stereocenters. The number of benzene rings is 1. The highest BCUT2D eigenvalue weighted by atomic mass is 16.5. The number of hydrogen-bond donors (Lipinski definition) is 2. The van der Waals surface area contributed by atoms with Gasteiger partial charge in [0.2, 0.25) is 5.91 Å². The molecule has 0 aliphatic carbocycles. The third-order valence-corrected chi connectivity index (χ3v) is 3.88. The van der Waals surface area contributed by atoms with Crippen LogP contribution < -0.4 is 20.3 Å². The molecule has 7 nitrogen and oxygen atoms in total. The van der Waals surface area contributed by atoms with Crippen molar-refractivity contribution < 1.29 is 14.3 Å². The standard InChI is InChI=1S/C16H17N3O4/c1-8-17-15-14(16(21)18-8)11(7-13(20)19-15)10-6-9(22-2)4-5-12(10)23-3/h4-6,11H,7H2,1-3H3,(H2,17,18,19,20,21). The predicted octanol–water partition coefficient (Wildman–Crippen LogP) is 1.57. The first-order valence-corrected chi connectivity index (χ1v) is 7.16. The van der Waals surface area contributed by atoms with Crippen LogP contribution in [0.2, 0.25) is 0 Å². The molecule has 0 bridgehead atoms. The van der Waals surface area contributed by atoms with Crippen LogP contribution in [0, 0.1) is 6.92 Å². The molecule has 1 unspecified atom stereocenters. The molecular formula is C16H17N3O4. The normalized spacial score (nSPS) is 16.5. The number of carbonyl (C=O) groups is 1. The van der Waals surface area contributed by atoms with E-state index in [1.807, 2.05) is 0 Å². The van der Waals surface area contributed by atoms with Gasteiger partial charge in [0.1, 0.15) is 23.1 Å². The molecule has 2 heterocycles. The van der Waals surface area contributed by atoms with E-state index in [1.165, 1.54) is 0 Å². The van der Waals surface area contributed by atoms with Crippen LogP contribution in [0.3, 0.4) is 0 Å². The number of anilines is 1. The minimum Gasteiger partial charge on any atom is -0.497 e. The molecule has 7 heteroatoms. The Kier molecular flexibility index (Phi) is 3.77. The average molecular weight is 315 g/mol. The molecule has 120 valence electrons. The van der Waals surface area contributed by atoms with Crippen molar-refractivity contribution >= 4 is 11.7 Å². The van der Waals surface area contributed by atoms with E-state index >= 15 is 0 Å². The number of ether oxygens (including phenoxy) is 2. The molecule has 0 saturated heterocycles. The maximum Gasteiger partial charge on any atom is 0.256 e. The highest BCUT2D eigenvalue weighted by molar-refractivity contribution is 5.94. The summed E-state index contributed by atoms with van der Waals surface area (Å²) in [5, 5.41) is 2.67. The van der Waals surface area contributed by atoms with E-state index < -0.39 is 5.92 Å². The summed E-state index contributed by atoms with van der Waals surface area (Å²) < 4.78 is 10.6. The summed E-state index contributed by atoms with van der Waals surface area (Å²) in [6.45, 7) is 1.67. The van der Waals surface area contributed by atoms with E-state index in [9.17, 15) is 9.59 Å². The summed E-state index contributed by atoms with van der Waals surface area (Å²) in [6, 6.07) is 5.31. The van der Waals surface area contributed by atoms with Gasteiger partial charge in [0.15, 0.2) is 0 Å². The molecular weight excluding hydrogens is 298 g/mol. The van der Waals surface area contributed by atoms with Gasteiger partial charge in [0.25, 0.3) is 5.56 Å². The van der Waals surface area contributed by atoms with Gasteiger partial charge in [0.05, 0.1) is 19.8 Å². The second kappa shape index (κ2) is 5.75. The fourth-order valence-corrected chi connectivity index (χ4v) is 2.86. The van der Waals surface area contributed by atoms with Crippen molar-refractivity contribution in [2.45, 2.75) is 19.3 Å². The Balaban J connectivity index is 2.22. The van der Waals surface area contributed by atoms with Crippen molar-refractivity contribution in [1.29, 1.82) is 0 Å². The van der Waals surface area contributed by atoms with E-state index in [0.717, 1.165) is 5.56 Å². The Labute approximate surface area is 132 Å². The quantitative estimate of drug-likeness (QED) is 0.897. The summed E-state index contributed by atoms with van der Waals surface area (Å²) in [6.07, 6.45) is 0.143. The van der Waals surface area contributed by atoms with Crippen molar-refractivity contribution in [3.63, 3.8) is 0 Å². The summed E-state index contributed by atoms with van der Waals surface area (Å²) >= 11 is 0. The number of H-pyrrole nitrogens is 1. The molecule has 1 aliphatic heterocycles. The second-order valence-electron chi connectivity index (χ2n) is 5.33. The van der Waals surface area contributed by atoms with E-state index in [2.05, 4.69) is 15.3 Å². The Hall–Kier alpha value is -2.83. The van der Waals surface area contributed by atoms with Crippen LogP contribution in [0.1, 0.15) is 29.3 Å². The smallest absolute Gasteiger partial charge is 0.256 e. The van der Waals surface area contributed by atoms with Crippen molar-refractivity contribution in [3.05, 3.63) is 45.5 Å². The number of aromatic nitrogens is 2. The Morgan fingerprint density at radius 3 is 2.70 bits per heavy atom. The maximum atomic E-state index is 12.4. The zero-order valence-electron chi connectivity index (χ0n) is 13.1. The van der Waals surface area contributed by atoms with Crippen molar-refractivity contribution in [1.82, 2.24) is 9.97 Å². The monoisotopic (exact) mass is 315 g/mol. The van der Waals surface area contributed by atoms with Gasteiger partial charge in [0, 0.05) is 17.9 Å². The first-order chi connectivity index (χ1) is 11.0. The summed E-state index contributed by atoms with van der Waals surface area (Å²) in [4.78, 5) is 31.4. The topological polar surface area (TPSA) is 93.3 Å². The summed E-state index contributed by atoms with van der Waals surface area (Å²) in [7, 11) is 3.11. The molecule has 3 rings (SSSR count). The highest BCUT2D eigenvalue weighted by Gasteiger charge is 2.32. The van der Waals surface area contributed by atoms with E-state index in [0.29, 0.717) is 28.7 Å². The third kappa shape index (κ3) is 2.65. The van der Waals surface area contributed by atoms with Gasteiger partial charge in [-0.25, -0.2) is 4.98 Å². The van der Waals surface area contributed by atoms with Crippen LogP contribution in [0.5, 0.6) is 11.5 Å². The Morgan fingerprint density at radius 2 is 2.00 bits per heavy atom. The Bertz CT molecular complexity index is 829. The van der Waals surface area contributed by atoms with Crippen LogP contribution in [-0.4, -0.2) is 30.1 Å². The number of methoxy groups -OCH3 is 2. The predicted molar refractivity (Wildman–Crippen MR) is 84.2 cm³/mol. The number of fused-ring (bicyclic) bond motifs is 1. The van der Waals surface area contributed by atoms with Crippen LogP contribution in [0.25, 0.3) is 0 Å². The molecule has 0 spiro atoms. The highest BCUT2D eigenvalue weighted by Crippen LogP contribution is 2.39. The minimum absolute atomic E-state index is 0.143. The molecule has 2 N–H and O–H groups in total. The summed E-state index contributed by atoms with van der Waals surface area (Å²) in [5.74, 6) is 1.34. The molecule has 0 saturated carbocycles. The van der Waals surface area contributed by atoms with Gasteiger partial charge < -0.3 is 19.8 Å². The van der Waals surface area contributed by atoms with Crippen LogP contribution in [0.4, 0.5) is 5.82 Å². The number of aryl methyl sites for hydroxylation is 1. The number of hydrogen-bond acceptors (Lipinski definition) is 5. The number of amides is 1. The summed E-state index contributed by atoms with van der Waals surface area (Å²) in [5.41, 5.74) is 0.892. The lowest BCUT2D eigenvalue weighted by Crippen LogP contribution is -2.31. The number of nitrogens with zero attached hydrogens (tertiary/aromatic N) is 1. The first-order valence-electron chi connectivity index (χ1n) is 7.16. The molecule has 2 aromatic rings. The van der Waals surface area contributed by atoms with E-state index in [4.69, 9.17) is 9.47 Å². The van der Waals surface area contributed by atoms with Crippen LogP contribution in [0.15, 0.2) is 23.0 Å². The van der Waals surface area contributed by atoms with E-state index in [1.54, 1.807) is 39.3 Å². The largest absolute Gasteiger partial charge is 0.497 e. The zero-order chi connectivity index (χ0) is 16.6. The van der Waals surface area contributed by atoms with Gasteiger partial charge in [-0.05, 0) is 25.1 Å². The maximum absolute atomic E-state index is 12.4. The average Bonchev–Trinajstić information content (AvgIpc) is 2.52. The van der Waals surface area contributed by atoms with Crippen molar-refractivity contribution in [2.24, 2.45) is 0 Å². The zero-order valence-corrected chi connectivity index (χ0v) is 13.1. The first kappa shape index (κ1) is 15.1. The number of carbonyl (C=O) groups excluding carboxylic acids is 1. The number of rotatable bonds is 3. The van der Waals surface area contributed by atoms with Crippen LogP contribution >= 0.6 is 0 Å². The van der Waals surface area contributed by atoms with Gasteiger partial charge in [-0.1, -0.05) is 0 Å². The lowest BCUT2D eigenvalue weighted by atomic mass is 9.86. The number of aromatic amines is 1. The fraction of sp³-hybridized carbons (Fsp3) is 0.312. The van der Waals surface area contributed by atoms with Crippen molar-refractivity contribution in [2.75, 3.05) is 19.5 Å². The molecule has 23 heavy (non-hydrogen) atoms. The van der Waals surface area contributed by atoms with Gasteiger partial charge in [-0.3, -0.25) is 9.59 Å². The van der Waals surface area contributed by atoms with Gasteiger partial charge in [-0.15, -0.1) is 0 Å².